The van der Waals surface area contributed by atoms with Gasteiger partial charge < -0.3 is 20.5 Å². The fourth-order valence-corrected chi connectivity index (χ4v) is 6.66. The molecule has 3 amide bonds. The molecule has 1 saturated heterocycles. The number of aliphatic hydroxyl groups is 1. The van der Waals surface area contributed by atoms with E-state index in [2.05, 4.69) is 21.6 Å². The second kappa shape index (κ2) is 9.63. The minimum atomic E-state index is -4.71. The highest BCUT2D eigenvalue weighted by Gasteiger charge is 2.49. The number of fused-ring (bicyclic) bond motifs is 3. The van der Waals surface area contributed by atoms with E-state index in [1.54, 1.807) is 25.1 Å². The number of amides is 3. The van der Waals surface area contributed by atoms with Crippen molar-refractivity contribution in [1.29, 1.82) is 5.26 Å². The Labute approximate surface area is 234 Å². The van der Waals surface area contributed by atoms with E-state index in [-0.39, 0.29) is 43.3 Å². The Balaban J connectivity index is 1.14. The van der Waals surface area contributed by atoms with E-state index < -0.39 is 34.8 Å². The van der Waals surface area contributed by atoms with Crippen molar-refractivity contribution in [3.63, 3.8) is 0 Å². The minimum absolute atomic E-state index is 0.0562. The van der Waals surface area contributed by atoms with Crippen molar-refractivity contribution in [2.75, 3.05) is 36.5 Å². The number of piperidine rings is 1. The summed E-state index contributed by atoms with van der Waals surface area (Å²) in [6.07, 6.45) is -3.21. The summed E-state index contributed by atoms with van der Waals surface area (Å²) in [6.45, 7) is 3.34. The Morgan fingerprint density at radius 1 is 1.17 bits per heavy atom. The third-order valence-corrected chi connectivity index (χ3v) is 8.81. The normalized spacial score (nSPS) is 25.1. The number of rotatable bonds is 5. The van der Waals surface area contributed by atoms with Gasteiger partial charge in [-0.05, 0) is 87.2 Å². The van der Waals surface area contributed by atoms with Gasteiger partial charge in [-0.2, -0.15) is 18.4 Å². The maximum absolute atomic E-state index is 14.2. The number of carbonyl (C=O) groups excluding carboxylic acids is 2. The number of halogens is 3. The average molecular weight is 570 g/mol. The van der Waals surface area contributed by atoms with Gasteiger partial charge in [0.1, 0.15) is 12.4 Å². The number of anilines is 2. The number of nitrogens with one attached hydrogen (secondary N) is 2. The topological polar surface area (TPSA) is 118 Å². The molecule has 3 aliphatic heterocycles. The lowest BCUT2D eigenvalue weighted by atomic mass is 9.73. The molecule has 12 heteroatoms. The molecule has 0 bridgehead atoms. The zero-order chi connectivity index (χ0) is 29.2. The number of nitrogens with zero attached hydrogens (tertiary/aromatic N) is 3. The maximum Gasteiger partial charge on any atom is 0.418 e. The van der Waals surface area contributed by atoms with Crippen LogP contribution in [0.25, 0.3) is 0 Å². The molecular weight excluding hydrogens is 539 g/mol. The fourth-order valence-electron chi connectivity index (χ4n) is 6.66. The van der Waals surface area contributed by atoms with Gasteiger partial charge in [-0.1, -0.05) is 0 Å². The van der Waals surface area contributed by atoms with Crippen molar-refractivity contribution >= 4 is 23.3 Å². The number of nitriles is 1. The molecule has 2 aromatic carbocycles. The van der Waals surface area contributed by atoms with Gasteiger partial charge in [-0.3, -0.25) is 14.6 Å². The van der Waals surface area contributed by atoms with Crippen molar-refractivity contribution in [2.45, 2.75) is 62.4 Å². The van der Waals surface area contributed by atoms with Gasteiger partial charge in [0, 0.05) is 24.8 Å². The van der Waals surface area contributed by atoms with Crippen LogP contribution in [0.2, 0.25) is 0 Å². The SMILES string of the molecule is C[C@]1(O)C[C@@H](N2C(=O)NCc3cc(OCCN4CCC5(CC4)C(=O)Nc4ccc(C#N)cc45)cc(C(F)(F)F)c32)C1. The van der Waals surface area contributed by atoms with Crippen LogP contribution in [-0.2, 0) is 22.9 Å². The van der Waals surface area contributed by atoms with Crippen LogP contribution in [0.15, 0.2) is 30.3 Å². The number of alkyl halides is 3. The molecule has 0 atom stereocenters. The molecule has 2 fully saturated rings. The molecule has 9 nitrogen and oxygen atoms in total. The van der Waals surface area contributed by atoms with E-state index in [4.69, 9.17) is 4.74 Å². The van der Waals surface area contributed by atoms with Crippen LogP contribution >= 0.6 is 0 Å². The van der Waals surface area contributed by atoms with Gasteiger partial charge in [-0.25, -0.2) is 4.79 Å². The van der Waals surface area contributed by atoms with E-state index in [1.165, 1.54) is 6.07 Å². The summed E-state index contributed by atoms with van der Waals surface area (Å²) in [5.41, 5.74) is -0.426. The molecule has 2 aromatic rings. The summed E-state index contributed by atoms with van der Waals surface area (Å²) >= 11 is 0. The lowest BCUT2D eigenvalue weighted by Gasteiger charge is -2.48. The van der Waals surface area contributed by atoms with E-state index in [9.17, 15) is 33.1 Å². The monoisotopic (exact) mass is 569 g/mol. The molecule has 3 N–H and O–H groups in total. The summed E-state index contributed by atoms with van der Waals surface area (Å²) in [7, 11) is 0. The third-order valence-electron chi connectivity index (χ3n) is 8.81. The molecule has 0 aromatic heterocycles. The van der Waals surface area contributed by atoms with Crippen LogP contribution in [-0.4, -0.2) is 59.8 Å². The molecule has 4 aliphatic rings. The maximum atomic E-state index is 14.2. The Morgan fingerprint density at radius 3 is 2.56 bits per heavy atom. The summed E-state index contributed by atoms with van der Waals surface area (Å²) in [4.78, 5) is 28.8. The van der Waals surface area contributed by atoms with E-state index in [1.807, 2.05) is 0 Å². The smallest absolute Gasteiger partial charge is 0.418 e. The van der Waals surface area contributed by atoms with Crippen molar-refractivity contribution in [3.8, 4) is 11.8 Å². The van der Waals surface area contributed by atoms with E-state index in [0.717, 1.165) is 22.2 Å². The number of ether oxygens (including phenoxy) is 1. The quantitative estimate of drug-likeness (QED) is 0.503. The van der Waals surface area contributed by atoms with Crippen molar-refractivity contribution in [3.05, 3.63) is 52.6 Å². The van der Waals surface area contributed by atoms with Crippen molar-refractivity contribution < 1.29 is 32.6 Å². The molecular formula is C29H30F3N5O4. The zero-order valence-corrected chi connectivity index (χ0v) is 22.5. The second-order valence-corrected chi connectivity index (χ2v) is 11.7. The predicted molar refractivity (Wildman–Crippen MR) is 142 cm³/mol. The van der Waals surface area contributed by atoms with Crippen LogP contribution in [0.4, 0.5) is 29.3 Å². The standard InChI is InChI=1S/C29H30F3N5O4/c1-27(40)13-19(14-27)37-24-18(16-34-26(37)39)11-20(12-22(24)29(30,31)32)41-9-8-36-6-4-28(5-7-36)21-10-17(15-33)2-3-23(21)35-25(28)38/h2-3,10-12,19,40H,4-9,13-14,16H2,1H3,(H,34,39)(H,35,38)/t19-,27+. The summed E-state index contributed by atoms with van der Waals surface area (Å²) in [5.74, 6) is -0.00623. The summed E-state index contributed by atoms with van der Waals surface area (Å²) < 4.78 is 48.4. The molecule has 0 radical (unpaired) electrons. The molecule has 41 heavy (non-hydrogen) atoms. The number of hydrogen-bond acceptors (Lipinski definition) is 6. The highest BCUT2D eigenvalue weighted by molar-refractivity contribution is 6.06. The van der Waals surface area contributed by atoms with E-state index >= 15 is 0 Å². The zero-order valence-electron chi connectivity index (χ0n) is 22.5. The first-order chi connectivity index (χ1) is 19.4. The molecule has 6 rings (SSSR count). The van der Waals surface area contributed by atoms with Gasteiger partial charge in [0.25, 0.3) is 0 Å². The van der Waals surface area contributed by atoms with Crippen LogP contribution in [0, 0.1) is 11.3 Å². The number of carbonyl (C=O) groups is 2. The van der Waals surface area contributed by atoms with Gasteiger partial charge in [0.05, 0.1) is 33.9 Å². The highest BCUT2D eigenvalue weighted by Crippen LogP contribution is 2.47. The van der Waals surface area contributed by atoms with Crippen molar-refractivity contribution in [1.82, 2.24) is 10.2 Å². The summed E-state index contributed by atoms with van der Waals surface area (Å²) in [5, 5.41) is 25.0. The first-order valence-electron chi connectivity index (χ1n) is 13.6. The summed E-state index contributed by atoms with van der Waals surface area (Å²) in [6, 6.07) is 8.68. The lowest BCUT2D eigenvalue weighted by Crippen LogP contribution is -2.59. The number of benzene rings is 2. The van der Waals surface area contributed by atoms with Gasteiger partial charge in [0.15, 0.2) is 0 Å². The van der Waals surface area contributed by atoms with Gasteiger partial charge in [-0.15, -0.1) is 0 Å². The highest BCUT2D eigenvalue weighted by atomic mass is 19.4. The lowest BCUT2D eigenvalue weighted by molar-refractivity contribution is -0.137. The number of urea groups is 1. The van der Waals surface area contributed by atoms with Crippen LogP contribution < -0.4 is 20.3 Å². The minimum Gasteiger partial charge on any atom is -0.492 e. The van der Waals surface area contributed by atoms with Gasteiger partial charge in [0.2, 0.25) is 5.91 Å². The second-order valence-electron chi connectivity index (χ2n) is 11.7. The number of likely N-dealkylation sites (tertiary alicyclic amines) is 1. The average Bonchev–Trinajstić information content (AvgIpc) is 3.17. The predicted octanol–water partition coefficient (Wildman–Crippen LogP) is 3.88. The molecule has 1 saturated carbocycles. The van der Waals surface area contributed by atoms with Crippen LogP contribution in [0.5, 0.6) is 5.75 Å². The molecule has 1 aliphatic carbocycles. The van der Waals surface area contributed by atoms with Gasteiger partial charge >= 0.3 is 12.2 Å². The molecule has 0 unspecified atom stereocenters. The molecule has 1 spiro atoms. The largest absolute Gasteiger partial charge is 0.492 e. The van der Waals surface area contributed by atoms with Crippen LogP contribution in [0.3, 0.4) is 0 Å². The first-order valence-corrected chi connectivity index (χ1v) is 13.6. The molecule has 216 valence electrons. The Hall–Kier alpha value is -3.82. The Kier molecular flexibility index (Phi) is 6.43. The Morgan fingerprint density at radius 2 is 1.90 bits per heavy atom. The van der Waals surface area contributed by atoms with E-state index in [0.29, 0.717) is 43.6 Å². The Bertz CT molecular complexity index is 1450. The fraction of sp³-hybridized carbons (Fsp3) is 0.483. The third kappa shape index (κ3) is 4.77. The number of hydrogen-bond donors (Lipinski definition) is 3. The van der Waals surface area contributed by atoms with Crippen LogP contribution in [0.1, 0.15) is 54.9 Å². The first kappa shape index (κ1) is 27.4. The van der Waals surface area contributed by atoms with Crippen molar-refractivity contribution in [2.24, 2.45) is 0 Å². The molecule has 3 heterocycles.